The van der Waals surface area contributed by atoms with Crippen LogP contribution in [0.1, 0.15) is 22.0 Å². The Labute approximate surface area is 177 Å². The third kappa shape index (κ3) is 4.43. The number of carbonyl (C=O) groups is 2. The molecule has 2 aliphatic rings. The second-order valence-electron chi connectivity index (χ2n) is 6.90. The Hall–Kier alpha value is -3.66. The predicted octanol–water partition coefficient (Wildman–Crippen LogP) is 2.12. The van der Waals surface area contributed by atoms with Gasteiger partial charge in [-0.3, -0.25) is 14.9 Å². The van der Waals surface area contributed by atoms with Crippen molar-refractivity contribution in [1.82, 2.24) is 4.90 Å². The van der Waals surface area contributed by atoms with E-state index in [0.29, 0.717) is 31.9 Å². The van der Waals surface area contributed by atoms with Crippen LogP contribution in [-0.4, -0.2) is 61.2 Å². The lowest BCUT2D eigenvalue weighted by Crippen LogP contribution is -2.44. The van der Waals surface area contributed by atoms with Crippen LogP contribution in [0.3, 0.4) is 0 Å². The van der Waals surface area contributed by atoms with Crippen molar-refractivity contribution in [2.45, 2.75) is 6.10 Å². The van der Waals surface area contributed by atoms with Gasteiger partial charge < -0.3 is 23.8 Å². The first-order valence-corrected chi connectivity index (χ1v) is 9.75. The van der Waals surface area contributed by atoms with Gasteiger partial charge in [0.2, 0.25) is 6.10 Å². The predicted molar refractivity (Wildman–Crippen MR) is 106 cm³/mol. The highest BCUT2D eigenvalue weighted by atomic mass is 16.6. The molecule has 2 aromatic carbocycles. The third-order valence-electron chi connectivity index (χ3n) is 4.95. The minimum atomic E-state index is -1.25. The fraction of sp³-hybridized carbons (Fsp3) is 0.333. The van der Waals surface area contributed by atoms with Crippen LogP contribution in [0, 0.1) is 10.1 Å². The number of nitro benzene ring substituents is 1. The quantitative estimate of drug-likeness (QED) is 0.404. The second-order valence-corrected chi connectivity index (χ2v) is 6.90. The summed E-state index contributed by atoms with van der Waals surface area (Å²) in [5.41, 5.74) is -0.336. The van der Waals surface area contributed by atoms with Gasteiger partial charge in [-0.15, -0.1) is 0 Å². The summed E-state index contributed by atoms with van der Waals surface area (Å²) in [7, 11) is 0. The molecule has 0 saturated carbocycles. The Kier molecular flexibility index (Phi) is 5.99. The zero-order chi connectivity index (χ0) is 21.8. The largest absolute Gasteiger partial charge is 0.486 e. The molecule has 0 unspecified atom stereocenters. The minimum absolute atomic E-state index is 0.179. The lowest BCUT2D eigenvalue weighted by Gasteiger charge is -2.30. The first kappa shape index (κ1) is 20.6. The maximum Gasteiger partial charge on any atom is 0.346 e. The molecule has 2 heterocycles. The molecule has 1 fully saturated rings. The van der Waals surface area contributed by atoms with E-state index < -0.39 is 28.6 Å². The molecule has 1 atom stereocenters. The van der Waals surface area contributed by atoms with Gasteiger partial charge in [0.1, 0.15) is 18.8 Å². The monoisotopic (exact) mass is 428 g/mol. The van der Waals surface area contributed by atoms with Crippen LogP contribution in [0.4, 0.5) is 5.69 Å². The van der Waals surface area contributed by atoms with E-state index in [1.165, 1.54) is 6.07 Å². The molecular formula is C21H20N2O8. The normalized spacial score (nSPS) is 16.3. The number of morpholine rings is 1. The second kappa shape index (κ2) is 9.00. The number of hydrogen-bond donors (Lipinski definition) is 0. The number of carbonyl (C=O) groups excluding carboxylic acids is 2. The maximum atomic E-state index is 13.1. The van der Waals surface area contributed by atoms with Crippen molar-refractivity contribution in [1.29, 1.82) is 0 Å². The molecule has 0 radical (unpaired) electrons. The smallest absolute Gasteiger partial charge is 0.346 e. The van der Waals surface area contributed by atoms with E-state index in [2.05, 4.69) is 0 Å². The fourth-order valence-corrected chi connectivity index (χ4v) is 3.40. The van der Waals surface area contributed by atoms with Crippen molar-refractivity contribution in [3.63, 3.8) is 0 Å². The molecule has 0 N–H and O–H groups in total. The van der Waals surface area contributed by atoms with Gasteiger partial charge >= 0.3 is 5.97 Å². The van der Waals surface area contributed by atoms with E-state index in [0.717, 1.165) is 6.07 Å². The van der Waals surface area contributed by atoms with Gasteiger partial charge in [0.25, 0.3) is 11.6 Å². The molecule has 162 valence electrons. The van der Waals surface area contributed by atoms with Gasteiger partial charge in [0, 0.05) is 24.7 Å². The Balaban J connectivity index is 1.66. The van der Waals surface area contributed by atoms with Crippen LogP contribution in [0.15, 0.2) is 42.5 Å². The number of benzene rings is 2. The average molecular weight is 428 g/mol. The third-order valence-corrected chi connectivity index (χ3v) is 4.95. The summed E-state index contributed by atoms with van der Waals surface area (Å²) in [5.74, 6) is -1.03. The number of fused-ring (bicyclic) bond motifs is 1. The summed E-state index contributed by atoms with van der Waals surface area (Å²) in [6, 6.07) is 10.9. The van der Waals surface area contributed by atoms with E-state index in [-0.39, 0.29) is 30.3 Å². The molecule has 1 amide bonds. The van der Waals surface area contributed by atoms with Crippen LogP contribution in [-0.2, 0) is 14.3 Å². The molecule has 31 heavy (non-hydrogen) atoms. The van der Waals surface area contributed by atoms with Gasteiger partial charge in [0.15, 0.2) is 11.5 Å². The van der Waals surface area contributed by atoms with Crippen molar-refractivity contribution in [3.8, 4) is 11.5 Å². The van der Waals surface area contributed by atoms with Gasteiger partial charge in [-0.05, 0) is 0 Å². The van der Waals surface area contributed by atoms with Crippen LogP contribution in [0.2, 0.25) is 0 Å². The number of amides is 1. The highest BCUT2D eigenvalue weighted by Crippen LogP contribution is 2.37. The lowest BCUT2D eigenvalue weighted by molar-refractivity contribution is -0.385. The van der Waals surface area contributed by atoms with Crippen molar-refractivity contribution < 1.29 is 33.5 Å². The highest BCUT2D eigenvalue weighted by Gasteiger charge is 2.34. The van der Waals surface area contributed by atoms with E-state index in [1.54, 1.807) is 35.2 Å². The Bertz CT molecular complexity index is 988. The molecule has 1 saturated heterocycles. The zero-order valence-corrected chi connectivity index (χ0v) is 16.5. The van der Waals surface area contributed by atoms with E-state index >= 15 is 0 Å². The number of rotatable bonds is 5. The Morgan fingerprint density at radius 1 is 1.00 bits per heavy atom. The SMILES string of the molecule is O=C(O[C@@H](C(=O)N1CCOCC1)c1ccccc1)c1cc2c(cc1[N+](=O)[O-])OCCO2. The van der Waals surface area contributed by atoms with Gasteiger partial charge in [-0.25, -0.2) is 4.79 Å². The molecule has 10 heteroatoms. The Morgan fingerprint density at radius 3 is 2.29 bits per heavy atom. The molecule has 0 aromatic heterocycles. The summed E-state index contributed by atoms with van der Waals surface area (Å²) in [5, 5.41) is 11.6. The van der Waals surface area contributed by atoms with Crippen LogP contribution < -0.4 is 9.47 Å². The summed E-state index contributed by atoms with van der Waals surface area (Å²) >= 11 is 0. The zero-order valence-electron chi connectivity index (χ0n) is 16.5. The molecule has 2 aliphatic heterocycles. The first-order chi connectivity index (χ1) is 15.0. The maximum absolute atomic E-state index is 13.1. The van der Waals surface area contributed by atoms with Crippen LogP contribution in [0.25, 0.3) is 0 Å². The molecule has 0 spiro atoms. The average Bonchev–Trinajstić information content (AvgIpc) is 2.82. The summed E-state index contributed by atoms with van der Waals surface area (Å²) in [6.07, 6.45) is -1.25. The fourth-order valence-electron chi connectivity index (χ4n) is 3.40. The molecule has 10 nitrogen and oxygen atoms in total. The summed E-state index contributed by atoms with van der Waals surface area (Å²) < 4.78 is 21.6. The van der Waals surface area contributed by atoms with E-state index in [1.807, 2.05) is 0 Å². The molecule has 0 bridgehead atoms. The van der Waals surface area contributed by atoms with E-state index in [9.17, 15) is 19.7 Å². The van der Waals surface area contributed by atoms with Crippen molar-refractivity contribution in [3.05, 3.63) is 63.7 Å². The summed E-state index contributed by atoms with van der Waals surface area (Å²) in [4.78, 5) is 38.6. The van der Waals surface area contributed by atoms with Crippen molar-refractivity contribution in [2.75, 3.05) is 39.5 Å². The van der Waals surface area contributed by atoms with Crippen LogP contribution in [0.5, 0.6) is 11.5 Å². The van der Waals surface area contributed by atoms with Crippen LogP contribution >= 0.6 is 0 Å². The number of esters is 1. The van der Waals surface area contributed by atoms with Crippen molar-refractivity contribution in [2.24, 2.45) is 0 Å². The Morgan fingerprint density at radius 2 is 1.65 bits per heavy atom. The van der Waals surface area contributed by atoms with Gasteiger partial charge in [-0.1, -0.05) is 30.3 Å². The molecular weight excluding hydrogens is 408 g/mol. The topological polar surface area (TPSA) is 117 Å². The van der Waals surface area contributed by atoms with Gasteiger partial charge in [-0.2, -0.15) is 0 Å². The summed E-state index contributed by atoms with van der Waals surface area (Å²) in [6.45, 7) is 2.00. The highest BCUT2D eigenvalue weighted by molar-refractivity contribution is 5.97. The van der Waals surface area contributed by atoms with Gasteiger partial charge in [0.05, 0.1) is 24.2 Å². The minimum Gasteiger partial charge on any atom is -0.486 e. The van der Waals surface area contributed by atoms with Crippen molar-refractivity contribution >= 4 is 17.6 Å². The number of nitro groups is 1. The first-order valence-electron chi connectivity index (χ1n) is 9.75. The molecule has 2 aromatic rings. The number of ether oxygens (including phenoxy) is 4. The molecule has 0 aliphatic carbocycles. The molecule has 4 rings (SSSR count). The number of nitrogens with zero attached hydrogens (tertiary/aromatic N) is 2. The number of hydrogen-bond acceptors (Lipinski definition) is 8. The lowest BCUT2D eigenvalue weighted by atomic mass is 10.1. The van der Waals surface area contributed by atoms with E-state index in [4.69, 9.17) is 18.9 Å². The standard InChI is InChI=1S/C21H20N2O8/c24-20(22-6-8-28-9-7-22)19(14-4-2-1-3-5-14)31-21(25)15-12-17-18(30-11-10-29-17)13-16(15)23(26)27/h1-5,12-13,19H,6-11H2/t19-/m1/s1.